The number of halogens is 1. The summed E-state index contributed by atoms with van der Waals surface area (Å²) in [4.78, 5) is 26.2. The van der Waals surface area contributed by atoms with Gasteiger partial charge in [0.2, 0.25) is 21.8 Å². The molecule has 0 aliphatic carbocycles. The van der Waals surface area contributed by atoms with E-state index in [9.17, 15) is 22.4 Å². The highest BCUT2D eigenvalue weighted by molar-refractivity contribution is 7.92. The molecule has 2 amide bonds. The summed E-state index contributed by atoms with van der Waals surface area (Å²) in [5.41, 5.74) is 1.28. The highest BCUT2D eigenvalue weighted by Crippen LogP contribution is 2.25. The molecule has 1 fully saturated rings. The van der Waals surface area contributed by atoms with Crippen LogP contribution in [0.15, 0.2) is 48.5 Å². The molecule has 7 nitrogen and oxygen atoms in total. The quantitative estimate of drug-likeness (QED) is 0.780. The number of amides is 2. The third kappa shape index (κ3) is 4.73. The van der Waals surface area contributed by atoms with Gasteiger partial charge in [0.15, 0.2) is 0 Å². The van der Waals surface area contributed by atoms with Crippen LogP contribution >= 0.6 is 0 Å². The number of rotatable bonds is 6. The van der Waals surface area contributed by atoms with Gasteiger partial charge in [-0.1, -0.05) is 6.07 Å². The third-order valence-corrected chi connectivity index (χ3v) is 5.91. The smallest absolute Gasteiger partial charge is 0.247 e. The van der Waals surface area contributed by atoms with Crippen molar-refractivity contribution in [3.63, 3.8) is 0 Å². The van der Waals surface area contributed by atoms with E-state index in [2.05, 4.69) is 5.32 Å². The average molecular weight is 419 g/mol. The number of benzene rings is 2. The van der Waals surface area contributed by atoms with Gasteiger partial charge in [-0.3, -0.25) is 13.9 Å². The second kappa shape index (κ2) is 8.20. The molecule has 1 aliphatic heterocycles. The number of sulfonamides is 1. The van der Waals surface area contributed by atoms with E-state index in [1.165, 1.54) is 25.1 Å². The maximum absolute atomic E-state index is 13.6. The second-order valence-electron chi connectivity index (χ2n) is 6.90. The summed E-state index contributed by atoms with van der Waals surface area (Å²) >= 11 is 0. The van der Waals surface area contributed by atoms with Gasteiger partial charge in [-0.2, -0.15) is 0 Å². The average Bonchev–Trinajstić information content (AvgIpc) is 3.07. The standard InChI is InChI=1S/C20H22FN3O4S/c1-14(24(29(2,27)28)18-6-3-5-15(21)13-18)20(26)22-16-8-10-17(11-9-16)23-12-4-7-19(23)25/h3,5-6,8-11,13-14H,4,7,12H2,1-2H3,(H,22,26). The molecule has 1 aliphatic rings. The summed E-state index contributed by atoms with van der Waals surface area (Å²) in [6, 6.07) is 10.7. The zero-order chi connectivity index (χ0) is 21.2. The van der Waals surface area contributed by atoms with Crippen molar-refractivity contribution in [2.24, 2.45) is 0 Å². The molecule has 1 saturated heterocycles. The van der Waals surface area contributed by atoms with Crippen LogP contribution in [0.4, 0.5) is 21.5 Å². The SMILES string of the molecule is CC(C(=O)Nc1ccc(N2CCCC2=O)cc1)N(c1cccc(F)c1)S(C)(=O)=O. The minimum absolute atomic E-state index is 0.0642. The molecule has 2 aromatic rings. The monoisotopic (exact) mass is 419 g/mol. The van der Waals surface area contributed by atoms with Gasteiger partial charge in [-0.05, 0) is 55.8 Å². The zero-order valence-corrected chi connectivity index (χ0v) is 16.9. The Labute approximate surface area is 169 Å². The maximum Gasteiger partial charge on any atom is 0.247 e. The second-order valence-corrected chi connectivity index (χ2v) is 8.76. The Hall–Kier alpha value is -2.94. The number of anilines is 3. The van der Waals surface area contributed by atoms with Gasteiger partial charge >= 0.3 is 0 Å². The first kappa shape index (κ1) is 20.8. The minimum atomic E-state index is -3.83. The van der Waals surface area contributed by atoms with Crippen LogP contribution in [0.2, 0.25) is 0 Å². The molecule has 3 rings (SSSR count). The van der Waals surface area contributed by atoms with Crippen LogP contribution in [0, 0.1) is 5.82 Å². The molecule has 1 N–H and O–H groups in total. The van der Waals surface area contributed by atoms with E-state index in [0.717, 1.165) is 28.7 Å². The van der Waals surface area contributed by atoms with E-state index in [0.29, 0.717) is 18.7 Å². The number of hydrogen-bond donors (Lipinski definition) is 1. The molecule has 0 aromatic heterocycles. The van der Waals surface area contributed by atoms with Crippen LogP contribution in [0.3, 0.4) is 0 Å². The molecule has 1 unspecified atom stereocenters. The predicted octanol–water partition coefficient (Wildman–Crippen LogP) is 2.75. The van der Waals surface area contributed by atoms with Gasteiger partial charge in [0, 0.05) is 24.3 Å². The molecular formula is C20H22FN3O4S. The Kier molecular flexibility index (Phi) is 5.88. The Morgan fingerprint density at radius 1 is 1.21 bits per heavy atom. The first-order chi connectivity index (χ1) is 13.7. The fraction of sp³-hybridized carbons (Fsp3) is 0.300. The number of nitrogens with zero attached hydrogens (tertiary/aromatic N) is 2. The van der Waals surface area contributed by atoms with Crippen molar-refractivity contribution in [1.82, 2.24) is 0 Å². The molecule has 0 bridgehead atoms. The van der Waals surface area contributed by atoms with Gasteiger partial charge < -0.3 is 10.2 Å². The molecule has 2 aromatic carbocycles. The minimum Gasteiger partial charge on any atom is -0.324 e. The summed E-state index contributed by atoms with van der Waals surface area (Å²) in [7, 11) is -3.83. The van der Waals surface area contributed by atoms with Gasteiger partial charge in [0.25, 0.3) is 0 Å². The number of nitrogens with one attached hydrogen (secondary N) is 1. The van der Waals surface area contributed by atoms with Crippen LogP contribution < -0.4 is 14.5 Å². The van der Waals surface area contributed by atoms with Crippen molar-refractivity contribution in [3.05, 3.63) is 54.3 Å². The third-order valence-electron chi connectivity index (χ3n) is 4.67. The van der Waals surface area contributed by atoms with Crippen molar-refractivity contribution in [3.8, 4) is 0 Å². The van der Waals surface area contributed by atoms with Crippen molar-refractivity contribution < 1.29 is 22.4 Å². The number of hydrogen-bond acceptors (Lipinski definition) is 4. The van der Waals surface area contributed by atoms with E-state index >= 15 is 0 Å². The van der Waals surface area contributed by atoms with E-state index in [1.54, 1.807) is 29.2 Å². The van der Waals surface area contributed by atoms with Gasteiger partial charge in [0.05, 0.1) is 11.9 Å². The highest BCUT2D eigenvalue weighted by atomic mass is 32.2. The normalized spacial score (nSPS) is 15.3. The summed E-state index contributed by atoms with van der Waals surface area (Å²) < 4.78 is 38.9. The van der Waals surface area contributed by atoms with Crippen LogP contribution in [0.25, 0.3) is 0 Å². The Morgan fingerprint density at radius 2 is 1.90 bits per heavy atom. The molecule has 1 atom stereocenters. The lowest BCUT2D eigenvalue weighted by Crippen LogP contribution is -2.45. The van der Waals surface area contributed by atoms with Crippen molar-refractivity contribution in [2.75, 3.05) is 27.3 Å². The summed E-state index contributed by atoms with van der Waals surface area (Å²) in [5.74, 6) is -1.10. The lowest BCUT2D eigenvalue weighted by Gasteiger charge is -2.28. The van der Waals surface area contributed by atoms with E-state index in [4.69, 9.17) is 0 Å². The first-order valence-corrected chi connectivity index (χ1v) is 11.0. The van der Waals surface area contributed by atoms with Crippen LogP contribution in [0.1, 0.15) is 19.8 Å². The van der Waals surface area contributed by atoms with Gasteiger partial charge in [-0.15, -0.1) is 0 Å². The molecular weight excluding hydrogens is 397 g/mol. The lowest BCUT2D eigenvalue weighted by molar-refractivity contribution is -0.117. The van der Waals surface area contributed by atoms with Crippen molar-refractivity contribution >= 4 is 38.9 Å². The Balaban J connectivity index is 1.77. The molecule has 154 valence electrons. The Morgan fingerprint density at radius 3 is 2.45 bits per heavy atom. The molecule has 1 heterocycles. The highest BCUT2D eigenvalue weighted by Gasteiger charge is 2.29. The van der Waals surface area contributed by atoms with Crippen LogP contribution in [0.5, 0.6) is 0 Å². The molecule has 29 heavy (non-hydrogen) atoms. The van der Waals surface area contributed by atoms with Crippen molar-refractivity contribution in [1.29, 1.82) is 0 Å². The van der Waals surface area contributed by atoms with Crippen LogP contribution in [-0.4, -0.2) is 39.1 Å². The fourth-order valence-electron chi connectivity index (χ4n) is 3.31. The summed E-state index contributed by atoms with van der Waals surface area (Å²) in [5, 5.41) is 2.67. The molecule has 0 spiro atoms. The zero-order valence-electron chi connectivity index (χ0n) is 16.1. The van der Waals surface area contributed by atoms with E-state index < -0.39 is 27.8 Å². The van der Waals surface area contributed by atoms with Crippen molar-refractivity contribution in [2.45, 2.75) is 25.8 Å². The first-order valence-electron chi connectivity index (χ1n) is 9.13. The number of carbonyl (C=O) groups excluding carboxylic acids is 2. The molecule has 0 radical (unpaired) electrons. The number of carbonyl (C=O) groups is 2. The van der Waals surface area contributed by atoms with Crippen LogP contribution in [-0.2, 0) is 19.6 Å². The summed E-state index contributed by atoms with van der Waals surface area (Å²) in [6.07, 6.45) is 2.30. The predicted molar refractivity (Wildman–Crippen MR) is 110 cm³/mol. The summed E-state index contributed by atoms with van der Waals surface area (Å²) in [6.45, 7) is 2.09. The molecule has 9 heteroatoms. The van der Waals surface area contributed by atoms with Gasteiger partial charge in [0.1, 0.15) is 11.9 Å². The topological polar surface area (TPSA) is 86.8 Å². The largest absolute Gasteiger partial charge is 0.324 e. The maximum atomic E-state index is 13.6. The van der Waals surface area contributed by atoms with E-state index in [1.807, 2.05) is 0 Å². The lowest BCUT2D eigenvalue weighted by atomic mass is 10.2. The fourth-order valence-corrected chi connectivity index (χ4v) is 4.48. The van der Waals surface area contributed by atoms with E-state index in [-0.39, 0.29) is 11.6 Å². The Bertz CT molecular complexity index is 1020. The van der Waals surface area contributed by atoms with Gasteiger partial charge in [-0.25, -0.2) is 12.8 Å². The molecule has 0 saturated carbocycles.